The molecule has 1 aromatic rings. The molecule has 1 unspecified atom stereocenters. The van der Waals surface area contributed by atoms with Gasteiger partial charge in [-0.2, -0.15) is 0 Å². The van der Waals surface area contributed by atoms with Crippen molar-refractivity contribution in [1.82, 2.24) is 14.7 Å². The van der Waals surface area contributed by atoms with Crippen molar-refractivity contribution in [3.8, 4) is 5.75 Å². The van der Waals surface area contributed by atoms with Gasteiger partial charge in [0.2, 0.25) is 5.91 Å². The van der Waals surface area contributed by atoms with E-state index in [1.807, 2.05) is 29.2 Å². The molecule has 3 rings (SSSR count). The van der Waals surface area contributed by atoms with Crippen LogP contribution in [-0.2, 0) is 4.79 Å². The van der Waals surface area contributed by atoms with E-state index in [1.54, 1.807) is 0 Å². The molecule has 0 spiro atoms. The standard InChI is InChI=1S/C18H26ClN3O2/c1-20-9-7-14(11-20)21(2)10-8-18(23)22-12-15(13-22)24-17-6-4-3-5-16(17)19/h3-6,14-15H,7-13H2,1-2H3. The SMILES string of the molecule is CN1CCC(N(C)CCC(=O)N2CC(Oc3ccccc3Cl)C2)C1. The first kappa shape index (κ1) is 17.5. The van der Waals surface area contributed by atoms with Crippen molar-refractivity contribution in [3.63, 3.8) is 0 Å². The van der Waals surface area contributed by atoms with Gasteiger partial charge in [0.15, 0.2) is 0 Å². The fraction of sp³-hybridized carbons (Fsp3) is 0.611. The molecule has 2 aliphatic rings. The van der Waals surface area contributed by atoms with E-state index < -0.39 is 0 Å². The van der Waals surface area contributed by atoms with Gasteiger partial charge in [-0.15, -0.1) is 0 Å². The number of para-hydroxylation sites is 1. The van der Waals surface area contributed by atoms with Crippen LogP contribution < -0.4 is 4.74 Å². The monoisotopic (exact) mass is 351 g/mol. The number of halogens is 1. The molecule has 5 nitrogen and oxygen atoms in total. The summed E-state index contributed by atoms with van der Waals surface area (Å²) in [5, 5.41) is 0.616. The summed E-state index contributed by atoms with van der Waals surface area (Å²) < 4.78 is 5.84. The maximum Gasteiger partial charge on any atom is 0.224 e. The first-order chi connectivity index (χ1) is 11.5. The van der Waals surface area contributed by atoms with Gasteiger partial charge in [-0.3, -0.25) is 4.79 Å². The lowest BCUT2D eigenvalue weighted by molar-refractivity contribution is -0.140. The number of amides is 1. The number of hydrogen-bond acceptors (Lipinski definition) is 4. The van der Waals surface area contributed by atoms with Gasteiger partial charge in [0.05, 0.1) is 18.1 Å². The van der Waals surface area contributed by atoms with Crippen molar-refractivity contribution in [1.29, 1.82) is 0 Å². The van der Waals surface area contributed by atoms with Crippen molar-refractivity contribution < 1.29 is 9.53 Å². The first-order valence-electron chi connectivity index (χ1n) is 8.60. The van der Waals surface area contributed by atoms with Gasteiger partial charge in [0, 0.05) is 25.6 Å². The lowest BCUT2D eigenvalue weighted by Gasteiger charge is -2.39. The smallest absolute Gasteiger partial charge is 0.224 e. The molecule has 2 saturated heterocycles. The Balaban J connectivity index is 1.37. The quantitative estimate of drug-likeness (QED) is 0.785. The molecule has 2 fully saturated rings. The summed E-state index contributed by atoms with van der Waals surface area (Å²) in [4.78, 5) is 18.8. The Labute approximate surface area is 149 Å². The Kier molecular flexibility index (Phi) is 5.64. The Bertz CT molecular complexity index is 577. The molecule has 1 aromatic carbocycles. The topological polar surface area (TPSA) is 36.0 Å². The highest BCUT2D eigenvalue weighted by Gasteiger charge is 2.32. The van der Waals surface area contributed by atoms with E-state index in [2.05, 4.69) is 23.9 Å². The normalized spacial score (nSPS) is 22.0. The molecule has 1 atom stereocenters. The molecular weight excluding hydrogens is 326 g/mol. The Morgan fingerprint density at radius 3 is 2.75 bits per heavy atom. The summed E-state index contributed by atoms with van der Waals surface area (Å²) in [6, 6.07) is 8.04. The number of benzene rings is 1. The largest absolute Gasteiger partial charge is 0.485 e. The highest BCUT2D eigenvalue weighted by atomic mass is 35.5. The Hall–Kier alpha value is -1.30. The summed E-state index contributed by atoms with van der Waals surface area (Å²) >= 11 is 6.09. The molecule has 0 aromatic heterocycles. The summed E-state index contributed by atoms with van der Waals surface area (Å²) in [6.07, 6.45) is 1.82. The third-order valence-electron chi connectivity index (χ3n) is 5.00. The Morgan fingerprint density at radius 2 is 2.08 bits per heavy atom. The molecule has 132 valence electrons. The summed E-state index contributed by atoms with van der Waals surface area (Å²) in [5.74, 6) is 0.911. The van der Waals surface area contributed by atoms with Crippen LogP contribution in [-0.4, -0.2) is 79.6 Å². The van der Waals surface area contributed by atoms with Crippen molar-refractivity contribution in [2.45, 2.75) is 25.0 Å². The van der Waals surface area contributed by atoms with Crippen molar-refractivity contribution in [2.75, 3.05) is 46.8 Å². The molecule has 0 N–H and O–H groups in total. The van der Waals surface area contributed by atoms with Crippen LogP contribution in [0.15, 0.2) is 24.3 Å². The third-order valence-corrected chi connectivity index (χ3v) is 5.31. The van der Waals surface area contributed by atoms with Crippen LogP contribution in [0.3, 0.4) is 0 Å². The van der Waals surface area contributed by atoms with Crippen molar-refractivity contribution in [3.05, 3.63) is 29.3 Å². The molecule has 0 bridgehead atoms. The zero-order chi connectivity index (χ0) is 17.1. The van der Waals surface area contributed by atoms with E-state index in [4.69, 9.17) is 16.3 Å². The fourth-order valence-electron chi connectivity index (χ4n) is 3.32. The van der Waals surface area contributed by atoms with E-state index >= 15 is 0 Å². The van der Waals surface area contributed by atoms with Gasteiger partial charge < -0.3 is 19.4 Å². The number of likely N-dealkylation sites (tertiary alicyclic amines) is 2. The Morgan fingerprint density at radius 1 is 1.33 bits per heavy atom. The predicted octanol–water partition coefficient (Wildman–Crippen LogP) is 1.96. The van der Waals surface area contributed by atoms with E-state index in [1.165, 1.54) is 6.42 Å². The minimum absolute atomic E-state index is 0.0510. The highest BCUT2D eigenvalue weighted by molar-refractivity contribution is 6.32. The van der Waals surface area contributed by atoms with Gasteiger partial charge >= 0.3 is 0 Å². The van der Waals surface area contributed by atoms with E-state index in [9.17, 15) is 4.79 Å². The van der Waals surface area contributed by atoms with Crippen LogP contribution in [0.1, 0.15) is 12.8 Å². The second-order valence-corrected chi connectivity index (χ2v) is 7.31. The van der Waals surface area contributed by atoms with Gasteiger partial charge in [0.1, 0.15) is 11.9 Å². The van der Waals surface area contributed by atoms with Crippen LogP contribution in [0.2, 0.25) is 5.02 Å². The zero-order valence-corrected chi connectivity index (χ0v) is 15.2. The molecule has 2 heterocycles. The molecule has 0 saturated carbocycles. The van der Waals surface area contributed by atoms with Crippen LogP contribution >= 0.6 is 11.6 Å². The summed E-state index contributed by atoms with van der Waals surface area (Å²) in [6.45, 7) is 4.38. The van der Waals surface area contributed by atoms with E-state index in [0.29, 0.717) is 36.3 Å². The number of likely N-dealkylation sites (N-methyl/N-ethyl adjacent to an activating group) is 2. The molecule has 0 radical (unpaired) electrons. The van der Waals surface area contributed by atoms with Crippen molar-refractivity contribution >= 4 is 17.5 Å². The zero-order valence-electron chi connectivity index (χ0n) is 14.4. The van der Waals surface area contributed by atoms with Gasteiger partial charge in [-0.1, -0.05) is 23.7 Å². The number of carbonyl (C=O) groups excluding carboxylic acids is 1. The van der Waals surface area contributed by atoms with Gasteiger partial charge in [0.25, 0.3) is 0 Å². The summed E-state index contributed by atoms with van der Waals surface area (Å²) in [5.41, 5.74) is 0. The number of nitrogens with zero attached hydrogens (tertiary/aromatic N) is 3. The number of ether oxygens (including phenoxy) is 1. The maximum atomic E-state index is 12.3. The van der Waals surface area contributed by atoms with Gasteiger partial charge in [-0.25, -0.2) is 0 Å². The highest BCUT2D eigenvalue weighted by Crippen LogP contribution is 2.26. The summed E-state index contributed by atoms with van der Waals surface area (Å²) in [7, 11) is 4.27. The molecule has 2 aliphatic heterocycles. The predicted molar refractivity (Wildman–Crippen MR) is 95.6 cm³/mol. The van der Waals surface area contributed by atoms with E-state index in [0.717, 1.165) is 19.6 Å². The molecule has 0 aliphatic carbocycles. The lowest BCUT2D eigenvalue weighted by atomic mass is 10.1. The third kappa shape index (κ3) is 4.21. The van der Waals surface area contributed by atoms with Crippen LogP contribution in [0.25, 0.3) is 0 Å². The number of carbonyl (C=O) groups is 1. The van der Waals surface area contributed by atoms with Crippen LogP contribution in [0.4, 0.5) is 0 Å². The average molecular weight is 352 g/mol. The second kappa shape index (κ2) is 7.72. The fourth-order valence-corrected chi connectivity index (χ4v) is 3.50. The molecule has 6 heteroatoms. The van der Waals surface area contributed by atoms with E-state index in [-0.39, 0.29) is 12.0 Å². The molecule has 1 amide bonds. The van der Waals surface area contributed by atoms with Gasteiger partial charge in [-0.05, 0) is 39.2 Å². The minimum Gasteiger partial charge on any atom is -0.485 e. The second-order valence-electron chi connectivity index (χ2n) is 6.90. The molecule has 24 heavy (non-hydrogen) atoms. The van der Waals surface area contributed by atoms with Crippen LogP contribution in [0.5, 0.6) is 5.75 Å². The van der Waals surface area contributed by atoms with Crippen molar-refractivity contribution in [2.24, 2.45) is 0 Å². The minimum atomic E-state index is 0.0510. The molecular formula is C18H26ClN3O2. The average Bonchev–Trinajstić information content (AvgIpc) is 2.96. The number of hydrogen-bond donors (Lipinski definition) is 0. The number of rotatable bonds is 6. The lowest BCUT2D eigenvalue weighted by Crippen LogP contribution is -2.56. The maximum absolute atomic E-state index is 12.3. The first-order valence-corrected chi connectivity index (χ1v) is 8.98. The van der Waals surface area contributed by atoms with Crippen LogP contribution in [0, 0.1) is 0 Å².